The SMILES string of the molecule is C[C@H]1[C@@H](OCc2cn(-c3ccc(C#N)cc3)nn2)O[C@@H]2O[C@@]3(C)CC[C@H]4[C@H](C)CC[C@@H]1[C@@]24OO3. The van der Waals surface area contributed by atoms with Crippen molar-refractivity contribution in [3.63, 3.8) is 0 Å². The van der Waals surface area contributed by atoms with Crippen LogP contribution >= 0.6 is 0 Å². The van der Waals surface area contributed by atoms with Gasteiger partial charge in [0.1, 0.15) is 5.69 Å². The van der Waals surface area contributed by atoms with Crippen LogP contribution in [0.25, 0.3) is 5.69 Å². The standard InChI is InChI=1S/C25H30N4O5/c1-15-4-9-21-16(2)22(31-23-25(21)20(15)10-11-24(3,32-23)33-34-25)30-14-18-13-29(28-27-18)19-7-5-17(12-26)6-8-19/h5-8,13,15-16,20-23H,4,9-11,14H2,1-3H3/t15-,16-,20+,21+,22+,23-,24-,25-/m1/s1. The molecule has 8 atom stereocenters. The van der Waals surface area contributed by atoms with E-state index in [9.17, 15) is 0 Å². The quantitative estimate of drug-likeness (QED) is 0.626. The van der Waals surface area contributed by atoms with E-state index in [0.717, 1.165) is 31.4 Å². The first-order valence-electron chi connectivity index (χ1n) is 12.2. The Morgan fingerprint density at radius 1 is 1.15 bits per heavy atom. The molecule has 1 aromatic carbocycles. The van der Waals surface area contributed by atoms with Crippen LogP contribution in [0.5, 0.6) is 0 Å². The van der Waals surface area contributed by atoms with Gasteiger partial charge in [0.25, 0.3) is 0 Å². The Morgan fingerprint density at radius 3 is 2.76 bits per heavy atom. The molecule has 4 saturated heterocycles. The van der Waals surface area contributed by atoms with Crippen molar-refractivity contribution in [1.29, 1.82) is 5.26 Å². The van der Waals surface area contributed by atoms with E-state index in [1.807, 2.05) is 25.3 Å². The number of ether oxygens (including phenoxy) is 3. The van der Waals surface area contributed by atoms with Crippen molar-refractivity contribution in [3.05, 3.63) is 41.7 Å². The van der Waals surface area contributed by atoms with Gasteiger partial charge in [-0.2, -0.15) is 5.26 Å². The van der Waals surface area contributed by atoms with E-state index in [4.69, 9.17) is 29.2 Å². The van der Waals surface area contributed by atoms with Crippen molar-refractivity contribution >= 4 is 0 Å². The van der Waals surface area contributed by atoms with Crippen LogP contribution in [-0.2, 0) is 30.6 Å². The Labute approximate surface area is 198 Å². The van der Waals surface area contributed by atoms with E-state index >= 15 is 0 Å². The minimum absolute atomic E-state index is 0.106. The van der Waals surface area contributed by atoms with Gasteiger partial charge in [-0.15, -0.1) is 5.10 Å². The summed E-state index contributed by atoms with van der Waals surface area (Å²) in [7, 11) is 0. The number of benzene rings is 1. The van der Waals surface area contributed by atoms with Gasteiger partial charge in [-0.05, 0) is 62.3 Å². The molecule has 5 fully saturated rings. The summed E-state index contributed by atoms with van der Waals surface area (Å²) in [6, 6.07) is 9.31. The summed E-state index contributed by atoms with van der Waals surface area (Å²) < 4.78 is 20.8. The summed E-state index contributed by atoms with van der Waals surface area (Å²) in [5.74, 6) is 0.379. The van der Waals surface area contributed by atoms with Crippen LogP contribution in [0.4, 0.5) is 0 Å². The first kappa shape index (κ1) is 22.1. The molecule has 1 aromatic heterocycles. The molecule has 9 nitrogen and oxygen atoms in total. The molecule has 4 aliphatic heterocycles. The minimum atomic E-state index is -0.799. The summed E-state index contributed by atoms with van der Waals surface area (Å²) in [5, 5.41) is 17.4. The Morgan fingerprint density at radius 2 is 1.97 bits per heavy atom. The summed E-state index contributed by atoms with van der Waals surface area (Å²) in [5.41, 5.74) is 1.54. The maximum absolute atomic E-state index is 8.99. The van der Waals surface area contributed by atoms with Crippen LogP contribution in [0.3, 0.4) is 0 Å². The van der Waals surface area contributed by atoms with Gasteiger partial charge in [0.2, 0.25) is 5.79 Å². The average Bonchev–Trinajstić information content (AvgIpc) is 3.20. The lowest BCUT2D eigenvalue weighted by atomic mass is 9.58. The van der Waals surface area contributed by atoms with Crippen molar-refractivity contribution in [3.8, 4) is 11.8 Å². The van der Waals surface area contributed by atoms with E-state index in [1.165, 1.54) is 0 Å². The van der Waals surface area contributed by atoms with Crippen LogP contribution in [0.1, 0.15) is 57.7 Å². The molecule has 9 heteroatoms. The molecule has 1 aliphatic carbocycles. The monoisotopic (exact) mass is 466 g/mol. The minimum Gasteiger partial charge on any atom is -0.346 e. The van der Waals surface area contributed by atoms with Crippen LogP contribution in [0.15, 0.2) is 30.5 Å². The zero-order chi connectivity index (χ0) is 23.5. The zero-order valence-corrected chi connectivity index (χ0v) is 19.7. The molecule has 0 unspecified atom stereocenters. The van der Waals surface area contributed by atoms with Crippen LogP contribution in [0.2, 0.25) is 0 Å². The van der Waals surface area contributed by atoms with Crippen LogP contribution in [0, 0.1) is 35.0 Å². The van der Waals surface area contributed by atoms with Gasteiger partial charge in [0.15, 0.2) is 18.2 Å². The highest BCUT2D eigenvalue weighted by atomic mass is 17.3. The number of fused-ring (bicyclic) bond motifs is 2. The molecule has 2 aromatic rings. The highest BCUT2D eigenvalue weighted by Gasteiger charge is 2.69. The summed E-state index contributed by atoms with van der Waals surface area (Å²) in [6.45, 7) is 6.67. The van der Waals surface area contributed by atoms with Gasteiger partial charge < -0.3 is 14.2 Å². The van der Waals surface area contributed by atoms with E-state index in [2.05, 4.69) is 30.2 Å². The lowest BCUT2D eigenvalue weighted by Gasteiger charge is -2.60. The number of nitriles is 1. The first-order chi connectivity index (χ1) is 16.4. The highest BCUT2D eigenvalue weighted by Crippen LogP contribution is 2.60. The maximum atomic E-state index is 8.99. The third kappa shape index (κ3) is 3.40. The van der Waals surface area contributed by atoms with Gasteiger partial charge in [-0.3, -0.25) is 0 Å². The Kier molecular flexibility index (Phi) is 5.28. The van der Waals surface area contributed by atoms with E-state index < -0.39 is 24.0 Å². The van der Waals surface area contributed by atoms with Gasteiger partial charge in [-0.25, -0.2) is 14.5 Å². The summed E-state index contributed by atoms with van der Waals surface area (Å²) in [6.07, 6.45) is 4.83. The molecular formula is C25H30N4O5. The topological polar surface area (TPSA) is 101 Å². The van der Waals surface area contributed by atoms with Gasteiger partial charge in [0, 0.05) is 18.3 Å². The molecule has 34 heavy (non-hydrogen) atoms. The van der Waals surface area contributed by atoms with Crippen molar-refractivity contribution in [1.82, 2.24) is 15.0 Å². The zero-order valence-electron chi connectivity index (χ0n) is 19.7. The third-order valence-electron chi connectivity index (χ3n) is 8.29. The second kappa shape index (κ2) is 8.11. The lowest BCUT2D eigenvalue weighted by Crippen LogP contribution is -2.70. The number of aromatic nitrogens is 3. The summed E-state index contributed by atoms with van der Waals surface area (Å²) >= 11 is 0. The summed E-state index contributed by atoms with van der Waals surface area (Å²) in [4.78, 5) is 12.1. The molecule has 180 valence electrons. The predicted molar refractivity (Wildman–Crippen MR) is 118 cm³/mol. The number of hydrogen-bond acceptors (Lipinski definition) is 8. The lowest BCUT2D eigenvalue weighted by molar-refractivity contribution is -0.577. The Bertz CT molecular complexity index is 1100. The van der Waals surface area contributed by atoms with Crippen molar-refractivity contribution in [2.75, 3.05) is 0 Å². The first-order valence-corrected chi connectivity index (χ1v) is 12.2. The second-order valence-electron chi connectivity index (χ2n) is 10.4. The molecule has 0 amide bonds. The van der Waals surface area contributed by atoms with Crippen molar-refractivity contribution < 1.29 is 24.0 Å². The third-order valence-corrected chi connectivity index (χ3v) is 8.29. The fraction of sp³-hybridized carbons (Fsp3) is 0.640. The fourth-order valence-electron chi connectivity index (χ4n) is 6.41. The second-order valence-corrected chi connectivity index (χ2v) is 10.4. The number of rotatable bonds is 4. The van der Waals surface area contributed by atoms with Gasteiger partial charge in [-0.1, -0.05) is 19.1 Å². The maximum Gasteiger partial charge on any atom is 0.201 e. The Balaban J connectivity index is 1.19. The Hall–Kier alpha value is -2.35. The molecule has 5 aliphatic rings. The number of nitrogens with zero attached hydrogens (tertiary/aromatic N) is 4. The molecule has 0 radical (unpaired) electrons. The van der Waals surface area contributed by atoms with E-state index in [1.54, 1.807) is 16.8 Å². The molecule has 5 heterocycles. The molecule has 7 rings (SSSR count). The average molecular weight is 467 g/mol. The highest BCUT2D eigenvalue weighted by molar-refractivity contribution is 5.38. The molecule has 0 N–H and O–H groups in total. The molecule has 1 spiro atoms. The van der Waals surface area contributed by atoms with Crippen molar-refractivity contribution in [2.45, 2.75) is 77.0 Å². The number of hydrogen-bond donors (Lipinski definition) is 0. The molecular weight excluding hydrogens is 436 g/mol. The van der Waals surface area contributed by atoms with Gasteiger partial charge in [0.05, 0.1) is 30.1 Å². The normalized spacial score (nSPS) is 40.9. The van der Waals surface area contributed by atoms with Crippen molar-refractivity contribution in [2.24, 2.45) is 23.7 Å². The molecule has 1 saturated carbocycles. The van der Waals surface area contributed by atoms with E-state index in [-0.39, 0.29) is 18.4 Å². The largest absolute Gasteiger partial charge is 0.346 e. The van der Waals surface area contributed by atoms with Crippen LogP contribution < -0.4 is 0 Å². The smallest absolute Gasteiger partial charge is 0.201 e. The van der Waals surface area contributed by atoms with Crippen LogP contribution in [-0.4, -0.2) is 39.0 Å². The predicted octanol–water partition coefficient (Wildman–Crippen LogP) is 3.86. The molecule has 2 bridgehead atoms. The van der Waals surface area contributed by atoms with E-state index in [0.29, 0.717) is 23.1 Å². The fourth-order valence-corrected chi connectivity index (χ4v) is 6.41. The van der Waals surface area contributed by atoms with Gasteiger partial charge >= 0.3 is 0 Å².